The molecule has 0 bridgehead atoms. The van der Waals surface area contributed by atoms with Crippen LogP contribution in [0.1, 0.15) is 23.3 Å². The molecule has 2 atom stereocenters. The predicted molar refractivity (Wildman–Crippen MR) is 58.2 cm³/mol. The zero-order valence-electron chi connectivity index (χ0n) is 9.40. The Kier molecular flexibility index (Phi) is 4.24. The summed E-state index contributed by atoms with van der Waals surface area (Å²) in [7, 11) is 1.19. The van der Waals surface area contributed by atoms with Crippen molar-refractivity contribution in [2.45, 2.75) is 12.2 Å². The minimum Gasteiger partial charge on any atom is -0.496 e. The Hall–Kier alpha value is -2.12. The van der Waals surface area contributed by atoms with Gasteiger partial charge in [0.25, 0.3) is 0 Å². The molecular formula is C11H12O7. The summed E-state index contributed by atoms with van der Waals surface area (Å²) in [6.07, 6.45) is -3.72. The maximum atomic E-state index is 10.7. The van der Waals surface area contributed by atoms with E-state index in [1.165, 1.54) is 25.3 Å². The Morgan fingerprint density at radius 1 is 1.06 bits per heavy atom. The van der Waals surface area contributed by atoms with Crippen molar-refractivity contribution in [1.82, 2.24) is 0 Å². The highest BCUT2D eigenvalue weighted by atomic mass is 16.5. The summed E-state index contributed by atoms with van der Waals surface area (Å²) in [5.41, 5.74) is -0.245. The average Bonchev–Trinajstić information content (AvgIpc) is 2.35. The van der Waals surface area contributed by atoms with E-state index < -0.39 is 24.1 Å². The summed E-state index contributed by atoms with van der Waals surface area (Å²) in [5.74, 6) is -3.17. The first kappa shape index (κ1) is 13.9. The van der Waals surface area contributed by atoms with Crippen LogP contribution < -0.4 is 4.74 Å². The second-order valence-corrected chi connectivity index (χ2v) is 3.45. The van der Waals surface area contributed by atoms with E-state index in [1.807, 2.05) is 0 Å². The van der Waals surface area contributed by atoms with Gasteiger partial charge in [-0.3, -0.25) is 0 Å². The SMILES string of the molecule is COc1c(C(O)C(=O)O)cccc1C(O)C(=O)O. The van der Waals surface area contributed by atoms with E-state index in [1.54, 1.807) is 0 Å². The molecule has 1 aromatic carbocycles. The van der Waals surface area contributed by atoms with Gasteiger partial charge in [-0.2, -0.15) is 0 Å². The molecule has 0 saturated carbocycles. The highest BCUT2D eigenvalue weighted by molar-refractivity contribution is 5.78. The summed E-state index contributed by atoms with van der Waals surface area (Å²) in [5, 5.41) is 36.3. The van der Waals surface area contributed by atoms with Crippen LogP contribution in [-0.4, -0.2) is 39.5 Å². The lowest BCUT2D eigenvalue weighted by atomic mass is 10.0. The van der Waals surface area contributed by atoms with Crippen molar-refractivity contribution in [2.24, 2.45) is 0 Å². The van der Waals surface area contributed by atoms with Crippen LogP contribution in [-0.2, 0) is 9.59 Å². The Balaban J connectivity index is 3.34. The molecule has 0 heterocycles. The molecule has 0 amide bonds. The molecule has 0 spiro atoms. The van der Waals surface area contributed by atoms with Crippen LogP contribution in [0.25, 0.3) is 0 Å². The van der Waals surface area contributed by atoms with Gasteiger partial charge in [-0.1, -0.05) is 18.2 Å². The van der Waals surface area contributed by atoms with Gasteiger partial charge in [0, 0.05) is 11.1 Å². The lowest BCUT2D eigenvalue weighted by Gasteiger charge is -2.16. The Morgan fingerprint density at radius 2 is 1.44 bits per heavy atom. The van der Waals surface area contributed by atoms with Crippen molar-refractivity contribution in [2.75, 3.05) is 7.11 Å². The first-order chi connectivity index (χ1) is 8.40. The monoisotopic (exact) mass is 256 g/mol. The quantitative estimate of drug-likeness (QED) is 0.581. The molecular weight excluding hydrogens is 244 g/mol. The number of hydrogen-bond donors (Lipinski definition) is 4. The van der Waals surface area contributed by atoms with Crippen molar-refractivity contribution >= 4 is 11.9 Å². The molecule has 2 unspecified atom stereocenters. The summed E-state index contributed by atoms with van der Waals surface area (Å²) in [6, 6.07) is 3.87. The van der Waals surface area contributed by atoms with Gasteiger partial charge in [-0.25, -0.2) is 9.59 Å². The number of carboxylic acid groups (broad SMARTS) is 2. The zero-order chi connectivity index (χ0) is 13.9. The van der Waals surface area contributed by atoms with Crippen molar-refractivity contribution in [3.8, 4) is 5.75 Å². The molecule has 7 heteroatoms. The van der Waals surface area contributed by atoms with Gasteiger partial charge in [0.15, 0.2) is 12.2 Å². The van der Waals surface area contributed by atoms with Crippen LogP contribution in [0.2, 0.25) is 0 Å². The van der Waals surface area contributed by atoms with E-state index in [9.17, 15) is 19.8 Å². The van der Waals surface area contributed by atoms with Gasteiger partial charge >= 0.3 is 11.9 Å². The molecule has 0 aliphatic rings. The first-order valence-electron chi connectivity index (χ1n) is 4.88. The highest BCUT2D eigenvalue weighted by Crippen LogP contribution is 2.33. The van der Waals surface area contributed by atoms with Gasteiger partial charge < -0.3 is 25.2 Å². The smallest absolute Gasteiger partial charge is 0.337 e. The number of aliphatic hydroxyl groups is 2. The molecule has 4 N–H and O–H groups in total. The predicted octanol–water partition coefficient (Wildman–Crippen LogP) is -0.0688. The number of methoxy groups -OCH3 is 1. The average molecular weight is 256 g/mol. The number of carboxylic acids is 2. The number of para-hydroxylation sites is 1. The topological polar surface area (TPSA) is 124 Å². The van der Waals surface area contributed by atoms with E-state index in [-0.39, 0.29) is 16.9 Å². The second-order valence-electron chi connectivity index (χ2n) is 3.45. The molecule has 7 nitrogen and oxygen atoms in total. The third kappa shape index (κ3) is 2.58. The Morgan fingerprint density at radius 3 is 1.72 bits per heavy atom. The fourth-order valence-electron chi connectivity index (χ4n) is 1.51. The lowest BCUT2D eigenvalue weighted by molar-refractivity contribution is -0.147. The lowest BCUT2D eigenvalue weighted by Crippen LogP contribution is -2.16. The minimum atomic E-state index is -1.86. The van der Waals surface area contributed by atoms with Crippen molar-refractivity contribution in [3.63, 3.8) is 0 Å². The largest absolute Gasteiger partial charge is 0.496 e. The van der Waals surface area contributed by atoms with Crippen LogP contribution in [0.5, 0.6) is 5.75 Å². The molecule has 0 aliphatic heterocycles. The third-order valence-electron chi connectivity index (χ3n) is 2.34. The number of aliphatic carboxylic acids is 2. The fourth-order valence-corrected chi connectivity index (χ4v) is 1.51. The van der Waals surface area contributed by atoms with E-state index in [0.717, 1.165) is 0 Å². The van der Waals surface area contributed by atoms with Gasteiger partial charge in [0.1, 0.15) is 5.75 Å². The third-order valence-corrected chi connectivity index (χ3v) is 2.34. The highest BCUT2D eigenvalue weighted by Gasteiger charge is 2.27. The maximum Gasteiger partial charge on any atom is 0.337 e. The maximum absolute atomic E-state index is 10.7. The van der Waals surface area contributed by atoms with E-state index in [0.29, 0.717) is 0 Å². The minimum absolute atomic E-state index is 0.122. The van der Waals surface area contributed by atoms with Crippen LogP contribution in [0.15, 0.2) is 18.2 Å². The zero-order valence-corrected chi connectivity index (χ0v) is 9.40. The summed E-state index contributed by atoms with van der Waals surface area (Å²) >= 11 is 0. The molecule has 0 saturated heterocycles. The standard InChI is InChI=1S/C11H12O7/c1-18-9-5(7(12)10(14)15)3-2-4-6(9)8(13)11(16)17/h2-4,7-8,12-13H,1H3,(H,14,15)(H,16,17). The molecule has 0 aromatic heterocycles. The van der Waals surface area contributed by atoms with Crippen molar-refractivity contribution in [1.29, 1.82) is 0 Å². The second kappa shape index (κ2) is 5.48. The molecule has 1 aromatic rings. The number of rotatable bonds is 5. The number of benzene rings is 1. The van der Waals surface area contributed by atoms with Crippen LogP contribution in [0.3, 0.4) is 0 Å². The number of hydrogen-bond acceptors (Lipinski definition) is 5. The summed E-state index contributed by atoms with van der Waals surface area (Å²) in [6.45, 7) is 0. The number of ether oxygens (including phenoxy) is 1. The van der Waals surface area contributed by atoms with Crippen LogP contribution >= 0.6 is 0 Å². The van der Waals surface area contributed by atoms with Gasteiger partial charge in [0.05, 0.1) is 7.11 Å². The molecule has 1 rings (SSSR count). The van der Waals surface area contributed by atoms with E-state index >= 15 is 0 Å². The van der Waals surface area contributed by atoms with Crippen LogP contribution in [0.4, 0.5) is 0 Å². The molecule has 0 radical (unpaired) electrons. The van der Waals surface area contributed by atoms with Crippen LogP contribution in [0, 0.1) is 0 Å². The van der Waals surface area contributed by atoms with Crippen molar-refractivity contribution in [3.05, 3.63) is 29.3 Å². The van der Waals surface area contributed by atoms with Gasteiger partial charge in [-0.05, 0) is 0 Å². The molecule has 0 fully saturated rings. The summed E-state index contributed by atoms with van der Waals surface area (Å²) < 4.78 is 4.87. The number of aliphatic hydroxyl groups excluding tert-OH is 2. The Labute approximate surface area is 102 Å². The van der Waals surface area contributed by atoms with Crippen molar-refractivity contribution < 1.29 is 34.8 Å². The fraction of sp³-hybridized carbons (Fsp3) is 0.273. The normalized spacial score (nSPS) is 13.7. The van der Waals surface area contributed by atoms with Gasteiger partial charge in [-0.15, -0.1) is 0 Å². The summed E-state index contributed by atoms with van der Waals surface area (Å²) in [4.78, 5) is 21.4. The number of carbonyl (C=O) groups is 2. The first-order valence-corrected chi connectivity index (χ1v) is 4.88. The van der Waals surface area contributed by atoms with E-state index in [2.05, 4.69) is 0 Å². The van der Waals surface area contributed by atoms with Gasteiger partial charge in [0.2, 0.25) is 0 Å². The molecule has 18 heavy (non-hydrogen) atoms. The molecule has 98 valence electrons. The Bertz CT molecular complexity index is 430. The molecule has 0 aliphatic carbocycles. The van der Waals surface area contributed by atoms with E-state index in [4.69, 9.17) is 14.9 Å².